The van der Waals surface area contributed by atoms with Gasteiger partial charge in [0.05, 0.1) is 5.41 Å². The molecule has 2 heterocycles. The summed E-state index contributed by atoms with van der Waals surface area (Å²) in [5.74, 6) is 1.23. The second-order valence-electron chi connectivity index (χ2n) is 17.7. The summed E-state index contributed by atoms with van der Waals surface area (Å²) in [6.45, 7) is 22.6. The average molecular weight is 662 g/mol. The predicted octanol–water partition coefficient (Wildman–Crippen LogP) is 12.6. The summed E-state index contributed by atoms with van der Waals surface area (Å²) in [6.07, 6.45) is 15.6. The molecule has 50 heavy (non-hydrogen) atoms. The molecule has 0 amide bonds. The van der Waals surface area contributed by atoms with Gasteiger partial charge < -0.3 is 4.90 Å². The van der Waals surface area contributed by atoms with Crippen molar-refractivity contribution in [3.63, 3.8) is 0 Å². The Morgan fingerprint density at radius 1 is 0.780 bits per heavy atom. The topological polar surface area (TPSA) is 6.25 Å². The zero-order chi connectivity index (χ0) is 35.6. The van der Waals surface area contributed by atoms with Crippen LogP contribution in [0.15, 0.2) is 120 Å². The molecule has 0 bridgehead atoms. The SMILES string of the molecule is CC(C)CCN1/C(=C/C=C2C=C(/C=C/C3=[N+](C)c4ccc5ccccc5c4C3(C)C)CC(C(C)(C)C)C/2)C(C)(C)c2c1ccc1ccccc21. The van der Waals surface area contributed by atoms with Gasteiger partial charge in [0.15, 0.2) is 5.71 Å². The first-order valence-corrected chi connectivity index (χ1v) is 18.9. The molecule has 4 aromatic rings. The first-order valence-electron chi connectivity index (χ1n) is 18.9. The Morgan fingerprint density at radius 2 is 1.42 bits per heavy atom. The summed E-state index contributed by atoms with van der Waals surface area (Å²) >= 11 is 0. The minimum atomic E-state index is -0.0940. The van der Waals surface area contributed by atoms with Gasteiger partial charge in [-0.1, -0.05) is 121 Å². The lowest BCUT2D eigenvalue weighted by Crippen LogP contribution is -2.28. The molecule has 7 rings (SSSR count). The molecule has 1 unspecified atom stereocenters. The van der Waals surface area contributed by atoms with Crippen LogP contribution < -0.4 is 4.90 Å². The Morgan fingerprint density at radius 3 is 2.08 bits per heavy atom. The second-order valence-corrected chi connectivity index (χ2v) is 17.7. The smallest absolute Gasteiger partial charge is 0.210 e. The predicted molar refractivity (Wildman–Crippen MR) is 217 cm³/mol. The molecule has 0 saturated heterocycles. The monoisotopic (exact) mass is 661 g/mol. The van der Waals surface area contributed by atoms with Gasteiger partial charge in [0.1, 0.15) is 7.05 Å². The van der Waals surface area contributed by atoms with E-state index in [0.717, 1.165) is 19.4 Å². The highest BCUT2D eigenvalue weighted by atomic mass is 15.2. The maximum atomic E-state index is 2.63. The van der Waals surface area contributed by atoms with Crippen LogP contribution >= 0.6 is 0 Å². The molecule has 0 radical (unpaired) electrons. The van der Waals surface area contributed by atoms with E-state index >= 15 is 0 Å². The summed E-state index contributed by atoms with van der Waals surface area (Å²) in [6, 6.07) is 27.0. The molecule has 0 saturated carbocycles. The third-order valence-electron chi connectivity index (χ3n) is 12.0. The van der Waals surface area contributed by atoms with E-state index in [1.165, 1.54) is 73.0 Å². The molecular weight excluding hydrogens is 605 g/mol. The normalized spacial score (nSPS) is 21.7. The lowest BCUT2D eigenvalue weighted by Gasteiger charge is -2.34. The van der Waals surface area contributed by atoms with Crippen molar-refractivity contribution < 1.29 is 4.58 Å². The molecule has 3 aliphatic rings. The van der Waals surface area contributed by atoms with E-state index in [0.29, 0.717) is 11.8 Å². The largest absolute Gasteiger partial charge is 0.344 e. The number of nitrogens with zero attached hydrogens (tertiary/aromatic N) is 2. The summed E-state index contributed by atoms with van der Waals surface area (Å²) in [4.78, 5) is 2.63. The summed E-state index contributed by atoms with van der Waals surface area (Å²) in [5, 5.41) is 5.38. The van der Waals surface area contributed by atoms with Crippen LogP contribution in [0.1, 0.15) is 92.7 Å². The molecule has 1 aliphatic carbocycles. The third-order valence-corrected chi connectivity index (χ3v) is 12.0. The Bertz CT molecular complexity index is 2140. The average Bonchev–Trinajstić information content (AvgIpc) is 3.42. The lowest BCUT2D eigenvalue weighted by molar-refractivity contribution is -0.401. The Kier molecular flexibility index (Phi) is 8.61. The van der Waals surface area contributed by atoms with Gasteiger partial charge >= 0.3 is 0 Å². The molecule has 0 fully saturated rings. The number of allylic oxidation sites excluding steroid dienone is 8. The second kappa shape index (κ2) is 12.6. The minimum Gasteiger partial charge on any atom is -0.344 e. The van der Waals surface area contributed by atoms with Gasteiger partial charge in [0.2, 0.25) is 5.69 Å². The van der Waals surface area contributed by atoms with Crippen LogP contribution in [0.25, 0.3) is 21.5 Å². The first kappa shape index (κ1) is 34.3. The van der Waals surface area contributed by atoms with Crippen molar-refractivity contribution in [2.24, 2.45) is 17.3 Å². The number of rotatable bonds is 6. The number of hydrogen-bond acceptors (Lipinski definition) is 1. The number of benzene rings is 4. The van der Waals surface area contributed by atoms with Crippen LogP contribution in [0.5, 0.6) is 0 Å². The van der Waals surface area contributed by atoms with Gasteiger partial charge in [-0.05, 0) is 107 Å². The van der Waals surface area contributed by atoms with Crippen molar-refractivity contribution in [3.8, 4) is 0 Å². The van der Waals surface area contributed by atoms with Crippen molar-refractivity contribution in [1.29, 1.82) is 0 Å². The molecule has 258 valence electrons. The Hall–Kier alpha value is -4.17. The van der Waals surface area contributed by atoms with Crippen LogP contribution in [-0.2, 0) is 10.8 Å². The Balaban J connectivity index is 1.27. The fourth-order valence-corrected chi connectivity index (χ4v) is 9.07. The third kappa shape index (κ3) is 5.89. The summed E-state index contributed by atoms with van der Waals surface area (Å²) < 4.78 is 2.42. The first-order chi connectivity index (χ1) is 23.7. The maximum absolute atomic E-state index is 2.63. The van der Waals surface area contributed by atoms with Crippen LogP contribution in [0.4, 0.5) is 11.4 Å². The standard InChI is InChI=1S/C48H57N2/c1-32(2)27-28-50-41-24-22-36-16-12-14-18-39(36)45(41)48(8,9)43(50)26-20-34-29-33(30-37(31-34)46(3,4)5)19-25-42-47(6,7)44-38-17-13-11-15-35(38)21-23-40(44)49(42)10/h11-26,29,32,37H,27-28,30-31H2,1-10H3/q+1. The summed E-state index contributed by atoms with van der Waals surface area (Å²) in [5.41, 5.74) is 11.3. The zero-order valence-corrected chi connectivity index (χ0v) is 32.2. The zero-order valence-electron chi connectivity index (χ0n) is 32.2. The van der Waals surface area contributed by atoms with Crippen molar-refractivity contribution in [1.82, 2.24) is 0 Å². The molecule has 1 atom stereocenters. The molecule has 2 heteroatoms. The quantitative estimate of drug-likeness (QED) is 0.186. The van der Waals surface area contributed by atoms with Crippen molar-refractivity contribution in [3.05, 3.63) is 131 Å². The van der Waals surface area contributed by atoms with E-state index in [4.69, 9.17) is 0 Å². The molecule has 0 N–H and O–H groups in total. The van der Waals surface area contributed by atoms with Gasteiger partial charge in [0, 0.05) is 41.1 Å². The molecule has 2 nitrogen and oxygen atoms in total. The van der Waals surface area contributed by atoms with Crippen LogP contribution in [-0.4, -0.2) is 23.9 Å². The van der Waals surface area contributed by atoms with Crippen molar-refractivity contribution in [2.45, 2.75) is 92.4 Å². The van der Waals surface area contributed by atoms with Crippen LogP contribution in [0.2, 0.25) is 0 Å². The number of anilines is 1. The van der Waals surface area contributed by atoms with Crippen LogP contribution in [0.3, 0.4) is 0 Å². The van der Waals surface area contributed by atoms with E-state index < -0.39 is 0 Å². The molecule has 4 aromatic carbocycles. The number of fused-ring (bicyclic) bond motifs is 6. The maximum Gasteiger partial charge on any atom is 0.210 e. The highest BCUT2D eigenvalue weighted by Gasteiger charge is 2.44. The van der Waals surface area contributed by atoms with Crippen LogP contribution in [0, 0.1) is 17.3 Å². The van der Waals surface area contributed by atoms with Gasteiger partial charge in [-0.2, -0.15) is 4.58 Å². The van der Waals surface area contributed by atoms with Gasteiger partial charge in [-0.3, -0.25) is 0 Å². The van der Waals surface area contributed by atoms with E-state index in [1.54, 1.807) is 0 Å². The molecule has 0 aromatic heterocycles. The Labute approximate surface area is 301 Å². The molecule has 2 aliphatic heterocycles. The fraction of sp³-hybridized carbons (Fsp3) is 0.396. The minimum absolute atomic E-state index is 0.0874. The molecular formula is C48H57N2+. The lowest BCUT2D eigenvalue weighted by atomic mass is 9.70. The number of hydrogen-bond donors (Lipinski definition) is 0. The van der Waals surface area contributed by atoms with Gasteiger partial charge in [0.25, 0.3) is 0 Å². The van der Waals surface area contributed by atoms with Crippen molar-refractivity contribution >= 4 is 38.6 Å². The van der Waals surface area contributed by atoms with Gasteiger partial charge in [-0.15, -0.1) is 0 Å². The highest BCUT2D eigenvalue weighted by molar-refractivity contribution is 6.07. The van der Waals surface area contributed by atoms with Gasteiger partial charge in [-0.25, -0.2) is 0 Å². The molecule has 0 spiro atoms. The summed E-state index contributed by atoms with van der Waals surface area (Å²) in [7, 11) is 2.24. The van der Waals surface area contributed by atoms with E-state index in [-0.39, 0.29) is 16.2 Å². The van der Waals surface area contributed by atoms with E-state index in [2.05, 4.69) is 182 Å². The van der Waals surface area contributed by atoms with E-state index in [9.17, 15) is 0 Å². The fourth-order valence-electron chi connectivity index (χ4n) is 9.07. The highest BCUT2D eigenvalue weighted by Crippen LogP contribution is 2.51. The van der Waals surface area contributed by atoms with E-state index in [1.807, 2.05) is 0 Å². The van der Waals surface area contributed by atoms with Crippen molar-refractivity contribution in [2.75, 3.05) is 18.5 Å².